The zero-order valence-corrected chi connectivity index (χ0v) is 19.3. The molecule has 0 saturated heterocycles. The van der Waals surface area contributed by atoms with E-state index < -0.39 is 32.8 Å². The van der Waals surface area contributed by atoms with Crippen molar-refractivity contribution in [1.82, 2.24) is 15.2 Å². The third-order valence-electron chi connectivity index (χ3n) is 4.31. The highest BCUT2D eigenvalue weighted by Crippen LogP contribution is 2.41. The third-order valence-corrected chi connectivity index (χ3v) is 6.56. The Morgan fingerprint density at radius 2 is 1.91 bits per heavy atom. The minimum Gasteiger partial charge on any atom is -0.455 e. The fourth-order valence-electron chi connectivity index (χ4n) is 2.89. The van der Waals surface area contributed by atoms with Crippen molar-refractivity contribution in [3.63, 3.8) is 0 Å². The van der Waals surface area contributed by atoms with Crippen molar-refractivity contribution in [3.05, 3.63) is 58.3 Å². The fraction of sp³-hybridized carbons (Fsp3) is 0.0526. The molecule has 0 aliphatic carbocycles. The fourth-order valence-corrected chi connectivity index (χ4v) is 4.80. The number of thiazole rings is 1. The summed E-state index contributed by atoms with van der Waals surface area (Å²) < 4.78 is 89.5. The number of ether oxygens (including phenoxy) is 2. The van der Waals surface area contributed by atoms with Gasteiger partial charge in [-0.3, -0.25) is 9.82 Å². The van der Waals surface area contributed by atoms with Crippen LogP contribution in [0.1, 0.15) is 0 Å². The summed E-state index contributed by atoms with van der Waals surface area (Å²) in [5.74, 6) is -2.25. The van der Waals surface area contributed by atoms with Crippen LogP contribution in [-0.4, -0.2) is 30.0 Å². The van der Waals surface area contributed by atoms with Gasteiger partial charge in [-0.15, -0.1) is 24.5 Å². The number of hydrogen-bond donors (Lipinski definition) is 3. The number of H-pyrrole nitrogens is 1. The lowest BCUT2D eigenvalue weighted by Gasteiger charge is -2.16. The van der Waals surface area contributed by atoms with Gasteiger partial charge in [-0.2, -0.15) is 5.10 Å². The number of rotatable bonds is 7. The van der Waals surface area contributed by atoms with Crippen LogP contribution in [0.25, 0.3) is 11.1 Å². The van der Waals surface area contributed by atoms with E-state index in [1.54, 1.807) is 0 Å². The van der Waals surface area contributed by atoms with Gasteiger partial charge < -0.3 is 15.2 Å². The molecule has 4 rings (SSSR count). The van der Waals surface area contributed by atoms with E-state index in [1.165, 1.54) is 17.1 Å². The zero-order chi connectivity index (χ0) is 25.4. The molecule has 0 atom stereocenters. The number of hydrogen-bond acceptors (Lipinski definition) is 8. The summed E-state index contributed by atoms with van der Waals surface area (Å²) in [6.07, 6.45) is -3.65. The summed E-state index contributed by atoms with van der Waals surface area (Å²) in [6.45, 7) is 0. The summed E-state index contributed by atoms with van der Waals surface area (Å²) in [5, 5.41) is 7.28. The summed E-state index contributed by atoms with van der Waals surface area (Å²) in [7, 11) is -4.37. The minimum absolute atomic E-state index is 0.00522. The van der Waals surface area contributed by atoms with Crippen LogP contribution >= 0.6 is 22.9 Å². The SMILES string of the molecule is Nc1n[nH]cc1-c1cc(OC(F)(F)F)ccc1Oc1cc(F)c(S(=O)(=O)Nc2cscn2)cc1Cl. The van der Waals surface area contributed by atoms with Crippen molar-refractivity contribution >= 4 is 44.6 Å². The standard InChI is InChI=1S/C19H12ClF4N5O4S2/c20-12-4-16(35(30,31)29-17-7-34-8-26-17)13(21)5-15(12)32-14-2-1-9(33-19(22,23)24)3-10(14)11-6-27-28-18(11)25/h1-8,29H,(H3,25,27,28). The Morgan fingerprint density at radius 3 is 2.54 bits per heavy atom. The average Bonchev–Trinajstić information content (AvgIpc) is 3.41. The lowest BCUT2D eigenvalue weighted by atomic mass is 10.1. The molecule has 0 spiro atoms. The Bertz CT molecular complexity index is 1480. The van der Waals surface area contributed by atoms with Crippen LogP contribution in [0.15, 0.2) is 52.3 Å². The van der Waals surface area contributed by atoms with E-state index in [0.29, 0.717) is 0 Å². The highest BCUT2D eigenvalue weighted by Gasteiger charge is 2.32. The number of nitrogen functional groups attached to an aromatic ring is 1. The molecule has 0 amide bonds. The molecule has 0 aliphatic heterocycles. The van der Waals surface area contributed by atoms with Crippen molar-refractivity contribution in [3.8, 4) is 28.4 Å². The summed E-state index contributed by atoms with van der Waals surface area (Å²) in [4.78, 5) is 3.00. The van der Waals surface area contributed by atoms with Crippen molar-refractivity contribution in [2.45, 2.75) is 11.3 Å². The highest BCUT2D eigenvalue weighted by molar-refractivity contribution is 7.92. The van der Waals surface area contributed by atoms with Gasteiger partial charge in [-0.25, -0.2) is 17.8 Å². The molecule has 2 aromatic carbocycles. The lowest BCUT2D eigenvalue weighted by Crippen LogP contribution is -2.17. The predicted octanol–water partition coefficient (Wildman–Crippen LogP) is 5.40. The number of benzene rings is 2. The number of aromatic amines is 1. The molecule has 16 heteroatoms. The van der Waals surface area contributed by atoms with Crippen LogP contribution in [0.2, 0.25) is 5.02 Å². The summed E-state index contributed by atoms with van der Waals surface area (Å²) in [5.41, 5.74) is 7.32. The van der Waals surface area contributed by atoms with Crippen molar-refractivity contribution in [2.24, 2.45) is 0 Å². The number of nitrogens with two attached hydrogens (primary N) is 1. The molecule has 184 valence electrons. The van der Waals surface area contributed by atoms with Crippen molar-refractivity contribution < 1.29 is 35.5 Å². The normalized spacial score (nSPS) is 11.9. The number of aromatic nitrogens is 3. The van der Waals surface area contributed by atoms with Gasteiger partial charge >= 0.3 is 6.36 Å². The molecule has 9 nitrogen and oxygen atoms in total. The Kier molecular flexibility index (Phi) is 6.48. The number of nitrogens with zero attached hydrogens (tertiary/aromatic N) is 2. The Balaban J connectivity index is 1.71. The second-order valence-electron chi connectivity index (χ2n) is 6.68. The molecule has 0 unspecified atom stereocenters. The molecule has 35 heavy (non-hydrogen) atoms. The number of nitrogens with one attached hydrogen (secondary N) is 2. The molecule has 0 aliphatic rings. The van der Waals surface area contributed by atoms with Gasteiger partial charge in [0.05, 0.1) is 10.5 Å². The van der Waals surface area contributed by atoms with E-state index in [-0.39, 0.29) is 39.3 Å². The van der Waals surface area contributed by atoms with Crippen molar-refractivity contribution in [2.75, 3.05) is 10.5 Å². The topological polar surface area (TPSA) is 132 Å². The molecular formula is C19H12ClF4N5O4S2. The van der Waals surface area contributed by atoms with E-state index >= 15 is 0 Å². The number of halogens is 5. The van der Waals surface area contributed by atoms with Crippen LogP contribution in [0.5, 0.6) is 17.2 Å². The second kappa shape index (κ2) is 9.24. The van der Waals surface area contributed by atoms with Gasteiger partial charge in [-0.1, -0.05) is 11.6 Å². The molecule has 4 N–H and O–H groups in total. The largest absolute Gasteiger partial charge is 0.573 e. The maximum Gasteiger partial charge on any atom is 0.573 e. The minimum atomic E-state index is -4.96. The first-order chi connectivity index (χ1) is 16.4. The first-order valence-corrected chi connectivity index (χ1v) is 12.0. The molecule has 0 bridgehead atoms. The average molecular weight is 550 g/mol. The van der Waals surface area contributed by atoms with Gasteiger partial charge in [0.1, 0.15) is 28.0 Å². The molecule has 0 saturated carbocycles. The summed E-state index contributed by atoms with van der Waals surface area (Å²) in [6, 6.07) is 4.62. The highest BCUT2D eigenvalue weighted by atomic mass is 35.5. The van der Waals surface area contributed by atoms with E-state index in [1.807, 2.05) is 0 Å². The monoisotopic (exact) mass is 549 g/mol. The van der Waals surface area contributed by atoms with Crippen LogP contribution in [0, 0.1) is 5.82 Å². The maximum atomic E-state index is 14.8. The molecule has 2 aromatic heterocycles. The van der Waals surface area contributed by atoms with Gasteiger partial charge in [0, 0.05) is 28.8 Å². The number of sulfonamides is 1. The van der Waals surface area contributed by atoms with E-state index in [2.05, 4.69) is 24.6 Å². The van der Waals surface area contributed by atoms with Crippen LogP contribution < -0.4 is 19.9 Å². The zero-order valence-electron chi connectivity index (χ0n) is 16.9. The Labute approximate surface area is 203 Å². The summed E-state index contributed by atoms with van der Waals surface area (Å²) >= 11 is 7.28. The smallest absolute Gasteiger partial charge is 0.455 e. The van der Waals surface area contributed by atoms with Gasteiger partial charge in [0.15, 0.2) is 11.6 Å². The lowest BCUT2D eigenvalue weighted by molar-refractivity contribution is -0.274. The Morgan fingerprint density at radius 1 is 1.14 bits per heavy atom. The second-order valence-corrected chi connectivity index (χ2v) is 9.46. The maximum absolute atomic E-state index is 14.8. The first kappa shape index (κ1) is 24.6. The molecule has 2 heterocycles. The van der Waals surface area contributed by atoms with E-state index in [0.717, 1.165) is 41.7 Å². The van der Waals surface area contributed by atoms with Crippen LogP contribution in [0.4, 0.5) is 29.2 Å². The Hall–Kier alpha value is -3.56. The number of alkyl halides is 3. The molecule has 4 aromatic rings. The molecular weight excluding hydrogens is 538 g/mol. The van der Waals surface area contributed by atoms with Gasteiger partial charge in [0.25, 0.3) is 10.0 Å². The van der Waals surface area contributed by atoms with E-state index in [4.69, 9.17) is 22.1 Å². The predicted molar refractivity (Wildman–Crippen MR) is 120 cm³/mol. The first-order valence-electron chi connectivity index (χ1n) is 9.20. The number of anilines is 2. The van der Waals surface area contributed by atoms with Crippen LogP contribution in [0.3, 0.4) is 0 Å². The van der Waals surface area contributed by atoms with Crippen LogP contribution in [-0.2, 0) is 10.0 Å². The van der Waals surface area contributed by atoms with Crippen molar-refractivity contribution in [1.29, 1.82) is 0 Å². The molecule has 0 fully saturated rings. The molecule has 0 radical (unpaired) electrons. The quantitative estimate of drug-likeness (QED) is 0.263. The van der Waals surface area contributed by atoms with Gasteiger partial charge in [0.2, 0.25) is 0 Å². The van der Waals surface area contributed by atoms with E-state index in [9.17, 15) is 26.0 Å². The third kappa shape index (κ3) is 5.58. The van der Waals surface area contributed by atoms with Gasteiger partial charge in [-0.05, 0) is 24.3 Å².